The maximum absolute atomic E-state index is 5.88. The second-order valence-corrected chi connectivity index (χ2v) is 8.05. The molecule has 0 N–H and O–H groups in total. The van der Waals surface area contributed by atoms with Crippen molar-refractivity contribution in [3.63, 3.8) is 0 Å². The van der Waals surface area contributed by atoms with Crippen LogP contribution in [-0.4, -0.2) is 9.97 Å². The van der Waals surface area contributed by atoms with Gasteiger partial charge in [-0.3, -0.25) is 4.98 Å². The van der Waals surface area contributed by atoms with Gasteiger partial charge in [0.25, 0.3) is 0 Å². The van der Waals surface area contributed by atoms with Crippen LogP contribution in [0, 0.1) is 12.1 Å². The normalized spacial score (nSPS) is 11.3. The summed E-state index contributed by atoms with van der Waals surface area (Å²) in [7, 11) is 0. The largest absolute Gasteiger partial charge is 0.505 e. The Balaban J connectivity index is 0.000000142. The first-order valence-electron chi connectivity index (χ1n) is 11.2. The molecule has 1 radical (unpaired) electrons. The summed E-state index contributed by atoms with van der Waals surface area (Å²) in [5.74, 6) is 0.878. The SMILES string of the molecule is [Ir].[c-]1cccc2c1-c1ncc3ccccc3c1OC2.[c-]1ccccc1-c1ccc2ccccc2n1. The molecule has 4 heteroatoms. The fraction of sp³-hybridized carbons (Fsp3) is 0.0323. The zero-order valence-corrected chi connectivity index (χ0v) is 21.1. The third-order valence-electron chi connectivity index (χ3n) is 5.89. The zero-order chi connectivity index (χ0) is 22.7. The van der Waals surface area contributed by atoms with Crippen LogP contribution in [0.25, 0.3) is 44.2 Å². The van der Waals surface area contributed by atoms with E-state index in [1.165, 1.54) is 5.39 Å². The minimum atomic E-state index is 0. The van der Waals surface area contributed by atoms with E-state index in [0.717, 1.165) is 50.1 Å². The van der Waals surface area contributed by atoms with Gasteiger partial charge in [-0.15, -0.1) is 65.7 Å². The molecule has 0 fully saturated rings. The molecular weight excluding hydrogens is 609 g/mol. The van der Waals surface area contributed by atoms with Crippen molar-refractivity contribution in [2.75, 3.05) is 0 Å². The number of nitrogens with zero attached hydrogens (tertiary/aromatic N) is 2. The van der Waals surface area contributed by atoms with Crippen molar-refractivity contribution in [1.29, 1.82) is 0 Å². The number of ether oxygens (including phenoxy) is 1. The minimum absolute atomic E-state index is 0. The van der Waals surface area contributed by atoms with Crippen molar-refractivity contribution in [2.24, 2.45) is 0 Å². The predicted molar refractivity (Wildman–Crippen MR) is 136 cm³/mol. The smallest absolute Gasteiger partial charge is 0.111 e. The molecule has 0 saturated heterocycles. The van der Waals surface area contributed by atoms with Crippen LogP contribution in [0.3, 0.4) is 0 Å². The number of hydrogen-bond donors (Lipinski definition) is 0. The molecule has 0 unspecified atom stereocenters. The third-order valence-corrected chi connectivity index (χ3v) is 5.89. The Hall–Kier alpha value is -3.85. The van der Waals surface area contributed by atoms with Crippen molar-refractivity contribution in [2.45, 2.75) is 6.61 Å². The number of aromatic nitrogens is 2. The maximum atomic E-state index is 5.88. The van der Waals surface area contributed by atoms with Crippen LogP contribution < -0.4 is 4.74 Å². The van der Waals surface area contributed by atoms with Crippen LogP contribution >= 0.6 is 0 Å². The topological polar surface area (TPSA) is 35.0 Å². The second kappa shape index (κ2) is 10.2. The van der Waals surface area contributed by atoms with Crippen molar-refractivity contribution >= 4 is 21.7 Å². The van der Waals surface area contributed by atoms with Crippen LogP contribution in [0.15, 0.2) is 109 Å². The summed E-state index contributed by atoms with van der Waals surface area (Å²) in [6.45, 7) is 0.593. The molecule has 0 aliphatic carbocycles. The van der Waals surface area contributed by atoms with Crippen LogP contribution in [-0.2, 0) is 26.7 Å². The van der Waals surface area contributed by atoms with Gasteiger partial charge in [0.1, 0.15) is 5.75 Å². The molecule has 1 aliphatic heterocycles. The van der Waals surface area contributed by atoms with Gasteiger partial charge in [0.05, 0.1) is 12.1 Å². The molecule has 7 rings (SSSR count). The summed E-state index contributed by atoms with van der Waals surface area (Å²) in [4.78, 5) is 9.15. The van der Waals surface area contributed by atoms with Gasteiger partial charge in [-0.25, -0.2) is 0 Å². The van der Waals surface area contributed by atoms with E-state index in [-0.39, 0.29) is 20.1 Å². The summed E-state index contributed by atoms with van der Waals surface area (Å²) < 4.78 is 5.88. The molecule has 1 aliphatic rings. The standard InChI is InChI=1S/C16H10NO.C15H10N.Ir/c1-4-8-14-11(5-1)9-17-15-13-7-3-2-6-12(13)10-18-16(14)15;1-2-6-12(7-3-1)15-11-10-13-8-4-5-9-14(13)16-15;/h1-6,8-9H,10H2;1-6,8-11H;/q2*-1;. The maximum Gasteiger partial charge on any atom is 0.111 e. The van der Waals surface area contributed by atoms with Crippen LogP contribution in [0.5, 0.6) is 5.75 Å². The Morgan fingerprint density at radius 2 is 1.51 bits per heavy atom. The summed E-state index contributed by atoms with van der Waals surface area (Å²) in [6.07, 6.45) is 1.90. The molecule has 3 heterocycles. The first-order valence-corrected chi connectivity index (χ1v) is 11.2. The summed E-state index contributed by atoms with van der Waals surface area (Å²) in [5, 5.41) is 3.39. The van der Waals surface area contributed by atoms with E-state index >= 15 is 0 Å². The molecule has 171 valence electrons. The monoisotopic (exact) mass is 629 g/mol. The average Bonchev–Trinajstić information content (AvgIpc) is 2.93. The van der Waals surface area contributed by atoms with Gasteiger partial charge in [-0.2, -0.15) is 0 Å². The van der Waals surface area contributed by atoms with Crippen molar-refractivity contribution < 1.29 is 24.8 Å². The Kier molecular flexibility index (Phi) is 6.67. The molecule has 0 spiro atoms. The molecule has 0 amide bonds. The number of benzene rings is 4. The van der Waals surface area contributed by atoms with Gasteiger partial charge in [0.2, 0.25) is 0 Å². The fourth-order valence-corrected chi connectivity index (χ4v) is 4.19. The first-order chi connectivity index (χ1) is 16.9. The van der Waals surface area contributed by atoms with E-state index in [9.17, 15) is 0 Å². The zero-order valence-electron chi connectivity index (χ0n) is 18.7. The Morgan fingerprint density at radius 3 is 2.40 bits per heavy atom. The number of pyridine rings is 2. The summed E-state index contributed by atoms with van der Waals surface area (Å²) in [6, 6.07) is 40.7. The molecule has 6 aromatic rings. The van der Waals surface area contributed by atoms with E-state index in [2.05, 4.69) is 52.4 Å². The predicted octanol–water partition coefficient (Wildman–Crippen LogP) is 7.29. The van der Waals surface area contributed by atoms with Gasteiger partial charge in [0.15, 0.2) is 0 Å². The number of rotatable bonds is 1. The summed E-state index contributed by atoms with van der Waals surface area (Å²) in [5.41, 5.74) is 6.14. The van der Waals surface area contributed by atoms with Gasteiger partial charge in [-0.05, 0) is 17.1 Å². The van der Waals surface area contributed by atoms with E-state index in [0.29, 0.717) is 6.61 Å². The Bertz CT molecular complexity index is 1620. The van der Waals surface area contributed by atoms with E-state index < -0.39 is 0 Å². The van der Waals surface area contributed by atoms with Crippen LogP contribution in [0.1, 0.15) is 5.56 Å². The third kappa shape index (κ3) is 4.59. The van der Waals surface area contributed by atoms with Gasteiger partial charge in [-0.1, -0.05) is 60.2 Å². The Labute approximate surface area is 217 Å². The average molecular weight is 629 g/mol. The minimum Gasteiger partial charge on any atom is -0.505 e. The van der Waals surface area contributed by atoms with Gasteiger partial charge in [0, 0.05) is 42.8 Å². The molecule has 0 saturated carbocycles. The molecule has 35 heavy (non-hydrogen) atoms. The Morgan fingerprint density at radius 1 is 0.714 bits per heavy atom. The summed E-state index contributed by atoms with van der Waals surface area (Å²) >= 11 is 0. The fourth-order valence-electron chi connectivity index (χ4n) is 4.19. The molecular formula is C31H20IrN2O-2. The quantitative estimate of drug-likeness (QED) is 0.180. The second-order valence-electron chi connectivity index (χ2n) is 8.05. The molecule has 3 nitrogen and oxygen atoms in total. The van der Waals surface area contributed by atoms with E-state index in [4.69, 9.17) is 4.74 Å². The number of hydrogen-bond acceptors (Lipinski definition) is 3. The molecule has 0 atom stereocenters. The van der Waals surface area contributed by atoms with Crippen LogP contribution in [0.2, 0.25) is 0 Å². The molecule has 0 bridgehead atoms. The van der Waals surface area contributed by atoms with Crippen LogP contribution in [0.4, 0.5) is 0 Å². The molecule has 2 aromatic heterocycles. The number of para-hydroxylation sites is 1. The van der Waals surface area contributed by atoms with E-state index in [1.807, 2.05) is 79.0 Å². The van der Waals surface area contributed by atoms with Gasteiger partial charge >= 0.3 is 0 Å². The molecule has 4 aromatic carbocycles. The van der Waals surface area contributed by atoms with Crippen molar-refractivity contribution in [3.05, 3.63) is 127 Å². The van der Waals surface area contributed by atoms with Gasteiger partial charge < -0.3 is 9.72 Å². The van der Waals surface area contributed by atoms with E-state index in [1.54, 1.807) is 0 Å². The van der Waals surface area contributed by atoms with Crippen molar-refractivity contribution in [3.8, 4) is 28.3 Å². The first kappa shape index (κ1) is 22.9. The van der Waals surface area contributed by atoms with Crippen molar-refractivity contribution in [1.82, 2.24) is 9.97 Å². The number of fused-ring (bicyclic) bond motifs is 6.